The van der Waals surface area contributed by atoms with E-state index < -0.39 is 23.8 Å². The number of urea groups is 1. The Morgan fingerprint density at radius 2 is 1.70 bits per heavy atom. The third-order valence-electron chi connectivity index (χ3n) is 5.55. The number of carbonyl (C=O) groups excluding carboxylic acids is 3. The number of guanidine groups is 1. The number of aryl methyl sites for hydroxylation is 1. The third-order valence-corrected chi connectivity index (χ3v) is 5.83. The summed E-state index contributed by atoms with van der Waals surface area (Å²) in [5, 5.41) is 7.58. The van der Waals surface area contributed by atoms with Crippen LogP contribution in [-0.2, 0) is 11.2 Å². The highest BCUT2D eigenvalue weighted by molar-refractivity contribution is 6.31. The van der Waals surface area contributed by atoms with Crippen LogP contribution in [0.15, 0.2) is 24.3 Å². The van der Waals surface area contributed by atoms with Crippen LogP contribution >= 0.6 is 11.6 Å². The monoisotopic (exact) mass is 535 g/mol. The molecule has 0 fully saturated rings. The molecule has 37 heavy (non-hydrogen) atoms. The molecule has 11 N–H and O–H groups in total. The molecule has 0 aliphatic carbocycles. The summed E-state index contributed by atoms with van der Waals surface area (Å²) < 4.78 is 5.32. The first-order valence-electron chi connectivity index (χ1n) is 11.2. The van der Waals surface area contributed by atoms with Crippen molar-refractivity contribution in [2.24, 2.45) is 17.2 Å². The highest BCUT2D eigenvalue weighted by Gasteiger charge is 2.31. The van der Waals surface area contributed by atoms with E-state index in [1.807, 2.05) is 12.1 Å². The zero-order chi connectivity index (χ0) is 27.8. The van der Waals surface area contributed by atoms with Gasteiger partial charge in [0, 0.05) is 6.54 Å². The maximum Gasteiger partial charge on any atom is 0.414 e. The number of rotatable bonds is 12. The molecular formula is C22H32ClN10O4+. The fourth-order valence-electron chi connectivity index (χ4n) is 3.39. The summed E-state index contributed by atoms with van der Waals surface area (Å²) >= 11 is 5.84. The lowest BCUT2D eigenvalue weighted by molar-refractivity contribution is -0.820. The molecule has 0 aliphatic heterocycles. The lowest BCUT2D eigenvalue weighted by Crippen LogP contribution is -2.57. The van der Waals surface area contributed by atoms with Gasteiger partial charge >= 0.3 is 6.03 Å². The SMILES string of the molecule is C[N+](CCOc1ccc(CCCCN(C(=N)N)C(=O)c2nc(Cl)c(N)nc2N)cc1)(CC(N)=O)C(N)=O. The van der Waals surface area contributed by atoms with Crippen molar-refractivity contribution in [1.29, 1.82) is 5.41 Å². The Bertz CT molecular complexity index is 1160. The van der Waals surface area contributed by atoms with Gasteiger partial charge in [0.15, 0.2) is 35.0 Å². The quantitative estimate of drug-likeness (QED) is 0.0927. The molecule has 0 saturated heterocycles. The number of likely N-dealkylation sites (N-methyl/N-ethyl adjacent to an activating group) is 1. The number of carbonyl (C=O) groups is 3. The first-order valence-corrected chi connectivity index (χ1v) is 11.6. The molecule has 15 heteroatoms. The smallest absolute Gasteiger partial charge is 0.414 e. The number of hydrogen-bond donors (Lipinski definition) is 6. The van der Waals surface area contributed by atoms with Crippen molar-refractivity contribution >= 4 is 47.0 Å². The summed E-state index contributed by atoms with van der Waals surface area (Å²) in [7, 11) is 1.52. The zero-order valence-corrected chi connectivity index (χ0v) is 21.2. The van der Waals surface area contributed by atoms with Crippen LogP contribution in [0.1, 0.15) is 28.9 Å². The van der Waals surface area contributed by atoms with E-state index in [2.05, 4.69) is 9.97 Å². The fraction of sp³-hybridized carbons (Fsp3) is 0.364. The number of unbranched alkanes of at least 4 members (excludes halogenated alkanes) is 1. The zero-order valence-electron chi connectivity index (χ0n) is 20.4. The van der Waals surface area contributed by atoms with Gasteiger partial charge in [0.2, 0.25) is 0 Å². The first-order chi connectivity index (χ1) is 17.3. The van der Waals surface area contributed by atoms with Gasteiger partial charge in [-0.1, -0.05) is 23.7 Å². The maximum absolute atomic E-state index is 12.8. The lowest BCUT2D eigenvalue weighted by Gasteiger charge is -2.27. The largest absolute Gasteiger partial charge is 0.488 e. The molecule has 1 aromatic carbocycles. The Morgan fingerprint density at radius 3 is 2.27 bits per heavy atom. The number of nitrogen functional groups attached to an aromatic ring is 2. The average Bonchev–Trinajstić information content (AvgIpc) is 2.81. The van der Waals surface area contributed by atoms with Crippen LogP contribution in [-0.4, -0.2) is 76.4 Å². The van der Waals surface area contributed by atoms with E-state index in [9.17, 15) is 14.4 Å². The Hall–Kier alpha value is -4.17. The second-order valence-corrected chi connectivity index (χ2v) is 8.87. The predicted octanol–water partition coefficient (Wildman–Crippen LogP) is 0.0424. The number of hydrogen-bond acceptors (Lipinski definition) is 9. The first kappa shape index (κ1) is 29.1. The minimum absolute atomic E-state index is 0.104. The number of amides is 4. The van der Waals surface area contributed by atoms with Gasteiger partial charge in [-0.3, -0.25) is 19.9 Å². The van der Waals surface area contributed by atoms with E-state index in [0.29, 0.717) is 25.0 Å². The Balaban J connectivity index is 1.86. The molecule has 14 nitrogen and oxygen atoms in total. The number of nitrogens with two attached hydrogens (primary N) is 5. The van der Waals surface area contributed by atoms with Gasteiger partial charge in [-0.05, 0) is 37.0 Å². The van der Waals surface area contributed by atoms with Crippen molar-refractivity contribution in [2.75, 3.05) is 44.8 Å². The highest BCUT2D eigenvalue weighted by Crippen LogP contribution is 2.19. The third kappa shape index (κ3) is 8.18. The highest BCUT2D eigenvalue weighted by atomic mass is 35.5. The molecule has 0 spiro atoms. The maximum atomic E-state index is 12.8. The van der Waals surface area contributed by atoms with E-state index >= 15 is 0 Å². The van der Waals surface area contributed by atoms with Crippen molar-refractivity contribution in [3.8, 4) is 5.75 Å². The molecule has 2 aromatic rings. The number of nitrogens with one attached hydrogen (secondary N) is 1. The number of anilines is 2. The topological polar surface area (TPSA) is 243 Å². The number of ether oxygens (including phenoxy) is 1. The van der Waals surface area contributed by atoms with Crippen LogP contribution in [0.4, 0.5) is 16.4 Å². The average molecular weight is 536 g/mol. The molecule has 1 heterocycles. The number of quaternary nitrogens is 1. The molecule has 0 radical (unpaired) electrons. The fourth-order valence-corrected chi connectivity index (χ4v) is 3.51. The number of benzene rings is 1. The van der Waals surface area contributed by atoms with Crippen molar-refractivity contribution in [2.45, 2.75) is 19.3 Å². The molecule has 4 amide bonds. The molecule has 0 saturated carbocycles. The summed E-state index contributed by atoms with van der Waals surface area (Å²) in [4.78, 5) is 44.3. The van der Waals surface area contributed by atoms with Crippen molar-refractivity contribution < 1.29 is 23.6 Å². The number of aromatic nitrogens is 2. The number of primary amides is 2. The molecule has 0 aliphatic rings. The van der Waals surface area contributed by atoms with Gasteiger partial charge < -0.3 is 33.4 Å². The van der Waals surface area contributed by atoms with Gasteiger partial charge in [-0.15, -0.1) is 0 Å². The van der Waals surface area contributed by atoms with Crippen LogP contribution < -0.4 is 33.4 Å². The lowest BCUT2D eigenvalue weighted by atomic mass is 10.1. The van der Waals surface area contributed by atoms with E-state index in [4.69, 9.17) is 50.4 Å². The van der Waals surface area contributed by atoms with Gasteiger partial charge in [-0.2, -0.15) is 0 Å². The van der Waals surface area contributed by atoms with Gasteiger partial charge in [0.25, 0.3) is 11.8 Å². The Kier molecular flexibility index (Phi) is 9.97. The van der Waals surface area contributed by atoms with E-state index in [0.717, 1.165) is 10.5 Å². The van der Waals surface area contributed by atoms with Gasteiger partial charge in [-0.25, -0.2) is 19.2 Å². The molecule has 1 aromatic heterocycles. The Labute approximate surface area is 218 Å². The summed E-state index contributed by atoms with van der Waals surface area (Å²) in [6, 6.07) is 6.69. The minimum Gasteiger partial charge on any atom is -0.488 e. The summed E-state index contributed by atoms with van der Waals surface area (Å²) in [6.45, 7) is 0.305. The second-order valence-electron chi connectivity index (χ2n) is 8.51. The van der Waals surface area contributed by atoms with Gasteiger partial charge in [0.05, 0.1) is 7.05 Å². The molecular weight excluding hydrogens is 504 g/mol. The molecule has 200 valence electrons. The van der Waals surface area contributed by atoms with Gasteiger partial charge in [0.1, 0.15) is 18.9 Å². The van der Waals surface area contributed by atoms with Crippen LogP contribution in [0.2, 0.25) is 5.15 Å². The van der Waals surface area contributed by atoms with E-state index in [1.54, 1.807) is 12.1 Å². The van der Waals surface area contributed by atoms with Crippen LogP contribution in [0.5, 0.6) is 5.75 Å². The summed E-state index contributed by atoms with van der Waals surface area (Å²) in [5.74, 6) is -1.49. The van der Waals surface area contributed by atoms with Crippen molar-refractivity contribution in [3.05, 3.63) is 40.7 Å². The summed E-state index contributed by atoms with van der Waals surface area (Å²) in [6.07, 6.45) is 1.94. The second kappa shape index (κ2) is 12.7. The Morgan fingerprint density at radius 1 is 1.05 bits per heavy atom. The van der Waals surface area contributed by atoms with E-state index in [-0.39, 0.29) is 53.2 Å². The minimum atomic E-state index is -0.692. The molecule has 2 rings (SSSR count). The van der Waals surface area contributed by atoms with Crippen LogP contribution in [0.3, 0.4) is 0 Å². The molecule has 0 bridgehead atoms. The summed E-state index contributed by atoms with van der Waals surface area (Å²) in [5.41, 5.74) is 28.2. The van der Waals surface area contributed by atoms with Crippen LogP contribution in [0, 0.1) is 5.41 Å². The molecule has 1 atom stereocenters. The molecule has 1 unspecified atom stereocenters. The number of halogens is 1. The van der Waals surface area contributed by atoms with Crippen LogP contribution in [0.25, 0.3) is 0 Å². The normalized spacial score (nSPS) is 12.4. The standard InChI is InChI=1S/C22H31ClN10O4/c1-33(22(29)36,12-15(24)34)10-11-37-14-7-5-13(6-8-14)4-2-3-9-32(21(27)28)20(35)16-18(25)31-19(26)17(23)30-16/h5-8H,2-4,9-12H2,1H3,(H10-,24,25,26,27,28,29,31,34,35,36)/p+1. The van der Waals surface area contributed by atoms with Crippen molar-refractivity contribution in [1.82, 2.24) is 14.9 Å². The van der Waals surface area contributed by atoms with Crippen molar-refractivity contribution in [3.63, 3.8) is 0 Å². The number of nitrogens with zero attached hydrogens (tertiary/aromatic N) is 4. The predicted molar refractivity (Wildman–Crippen MR) is 138 cm³/mol. The van der Waals surface area contributed by atoms with E-state index in [1.165, 1.54) is 7.05 Å².